The molecule has 2 aromatic rings. The Hall–Kier alpha value is -2.13. The highest BCUT2D eigenvalue weighted by atomic mass is 16.1. The zero-order valence-electron chi connectivity index (χ0n) is 16.6. The maximum Gasteiger partial charge on any atom is 0.227 e. The zero-order valence-corrected chi connectivity index (χ0v) is 16.6. The summed E-state index contributed by atoms with van der Waals surface area (Å²) in [5.74, 6) is 1.12. The van der Waals surface area contributed by atoms with Crippen LogP contribution in [0.1, 0.15) is 32.3 Å². The maximum atomic E-state index is 12.7. The average Bonchev–Trinajstić information content (AvgIpc) is 2.73. The van der Waals surface area contributed by atoms with E-state index in [1.807, 2.05) is 30.3 Å². The number of nitrogens with zero attached hydrogens (tertiary/aromatic N) is 1. The first-order valence-electron chi connectivity index (χ1n) is 10.3. The molecule has 0 bridgehead atoms. The lowest BCUT2D eigenvalue weighted by Crippen LogP contribution is -2.41. The lowest BCUT2D eigenvalue weighted by molar-refractivity contribution is -0.121. The predicted octanol–water partition coefficient (Wildman–Crippen LogP) is 4.85. The van der Waals surface area contributed by atoms with Gasteiger partial charge in [-0.2, -0.15) is 0 Å². The quantitative estimate of drug-likeness (QED) is 0.761. The minimum Gasteiger partial charge on any atom is -0.326 e. The van der Waals surface area contributed by atoms with Gasteiger partial charge in [0.15, 0.2) is 0 Å². The second kappa shape index (κ2) is 9.70. The maximum absolute atomic E-state index is 12.7. The number of nitrogens with one attached hydrogen (secondary N) is 1. The Balaban J connectivity index is 1.51. The standard InChI is InChI=1S/C24H32N2O/c1-19(20(2)24(27)25-23-13-7-4-8-14-23)22-12-9-16-26(18-22)17-15-21-10-5-3-6-11-21/h3-8,10-11,13-14,19-20,22H,9,12,15-18H2,1-2H3,(H,25,27). The Morgan fingerprint density at radius 1 is 1.07 bits per heavy atom. The van der Waals surface area contributed by atoms with Crippen molar-refractivity contribution < 1.29 is 4.79 Å². The van der Waals surface area contributed by atoms with Gasteiger partial charge in [0, 0.05) is 24.7 Å². The van der Waals surface area contributed by atoms with Crippen LogP contribution in [0.3, 0.4) is 0 Å². The monoisotopic (exact) mass is 364 g/mol. The Morgan fingerprint density at radius 2 is 1.74 bits per heavy atom. The van der Waals surface area contributed by atoms with Crippen LogP contribution < -0.4 is 5.32 Å². The van der Waals surface area contributed by atoms with Gasteiger partial charge < -0.3 is 10.2 Å². The van der Waals surface area contributed by atoms with E-state index in [4.69, 9.17) is 0 Å². The zero-order chi connectivity index (χ0) is 19.1. The third-order valence-corrected chi connectivity index (χ3v) is 6.09. The summed E-state index contributed by atoms with van der Waals surface area (Å²) in [6.45, 7) is 7.72. The first kappa shape index (κ1) is 19.6. The van der Waals surface area contributed by atoms with Gasteiger partial charge in [0.05, 0.1) is 0 Å². The van der Waals surface area contributed by atoms with Crippen LogP contribution in [0.25, 0.3) is 0 Å². The van der Waals surface area contributed by atoms with E-state index in [0.29, 0.717) is 11.8 Å². The predicted molar refractivity (Wildman–Crippen MR) is 113 cm³/mol. The Kier molecular flexibility index (Phi) is 7.05. The fourth-order valence-electron chi connectivity index (χ4n) is 4.08. The molecule has 1 aliphatic heterocycles. The van der Waals surface area contributed by atoms with Crippen LogP contribution in [0.2, 0.25) is 0 Å². The van der Waals surface area contributed by atoms with Crippen LogP contribution in [0.15, 0.2) is 60.7 Å². The molecule has 1 saturated heterocycles. The number of carbonyl (C=O) groups excluding carboxylic acids is 1. The molecule has 2 aromatic carbocycles. The van der Waals surface area contributed by atoms with Gasteiger partial charge in [0.1, 0.15) is 0 Å². The second-order valence-corrected chi connectivity index (χ2v) is 7.94. The van der Waals surface area contributed by atoms with Crippen molar-refractivity contribution in [1.82, 2.24) is 4.90 Å². The van der Waals surface area contributed by atoms with Crippen molar-refractivity contribution >= 4 is 11.6 Å². The summed E-state index contributed by atoms with van der Waals surface area (Å²) in [5, 5.41) is 3.07. The van der Waals surface area contributed by atoms with Crippen molar-refractivity contribution in [3.8, 4) is 0 Å². The topological polar surface area (TPSA) is 32.3 Å². The molecule has 0 saturated carbocycles. The molecule has 1 fully saturated rings. The molecule has 3 unspecified atom stereocenters. The molecule has 1 aliphatic rings. The Labute approximate surface area is 163 Å². The van der Waals surface area contributed by atoms with E-state index < -0.39 is 0 Å². The van der Waals surface area contributed by atoms with Gasteiger partial charge in [-0.15, -0.1) is 0 Å². The molecule has 1 N–H and O–H groups in total. The average molecular weight is 365 g/mol. The minimum absolute atomic E-state index is 0.0179. The van der Waals surface area contributed by atoms with E-state index in [1.165, 1.54) is 24.9 Å². The molecule has 1 heterocycles. The van der Waals surface area contributed by atoms with Crippen molar-refractivity contribution in [1.29, 1.82) is 0 Å². The summed E-state index contributed by atoms with van der Waals surface area (Å²) in [6, 6.07) is 20.5. The number of hydrogen-bond acceptors (Lipinski definition) is 2. The molecule has 3 atom stereocenters. The van der Waals surface area contributed by atoms with Crippen LogP contribution >= 0.6 is 0 Å². The highest BCUT2D eigenvalue weighted by Gasteiger charge is 2.30. The summed E-state index contributed by atoms with van der Waals surface area (Å²) in [4.78, 5) is 15.2. The molecule has 0 aliphatic carbocycles. The van der Waals surface area contributed by atoms with Gasteiger partial charge in [-0.25, -0.2) is 0 Å². The lowest BCUT2D eigenvalue weighted by atomic mass is 9.79. The van der Waals surface area contributed by atoms with Crippen molar-refractivity contribution in [2.75, 3.05) is 25.0 Å². The van der Waals surface area contributed by atoms with Crippen LogP contribution in [-0.4, -0.2) is 30.4 Å². The summed E-state index contributed by atoms with van der Waals surface area (Å²) in [7, 11) is 0. The normalized spacial score (nSPS) is 20.0. The van der Waals surface area contributed by atoms with Crippen LogP contribution in [0, 0.1) is 17.8 Å². The number of hydrogen-bond donors (Lipinski definition) is 1. The van der Waals surface area contributed by atoms with Gasteiger partial charge in [-0.3, -0.25) is 4.79 Å². The van der Waals surface area contributed by atoms with E-state index in [1.54, 1.807) is 0 Å². The van der Waals surface area contributed by atoms with Gasteiger partial charge in [-0.1, -0.05) is 62.4 Å². The smallest absolute Gasteiger partial charge is 0.227 e. The number of rotatable bonds is 7. The van der Waals surface area contributed by atoms with E-state index in [-0.39, 0.29) is 11.8 Å². The lowest BCUT2D eigenvalue weighted by Gasteiger charge is -2.37. The molecule has 3 rings (SSSR count). The molecule has 3 heteroatoms. The summed E-state index contributed by atoms with van der Waals surface area (Å²) < 4.78 is 0. The number of para-hydroxylation sites is 1. The van der Waals surface area contributed by atoms with Gasteiger partial charge in [0.2, 0.25) is 5.91 Å². The van der Waals surface area contributed by atoms with Crippen molar-refractivity contribution in [2.45, 2.75) is 33.1 Å². The van der Waals surface area contributed by atoms with Crippen LogP contribution in [0.4, 0.5) is 5.69 Å². The molecule has 144 valence electrons. The minimum atomic E-state index is 0.0179. The number of carbonyl (C=O) groups is 1. The second-order valence-electron chi connectivity index (χ2n) is 7.94. The molecule has 0 radical (unpaired) electrons. The van der Waals surface area contributed by atoms with Crippen molar-refractivity contribution in [2.24, 2.45) is 17.8 Å². The largest absolute Gasteiger partial charge is 0.326 e. The van der Waals surface area contributed by atoms with E-state index in [0.717, 1.165) is 25.2 Å². The van der Waals surface area contributed by atoms with E-state index >= 15 is 0 Å². The molecular weight excluding hydrogens is 332 g/mol. The Bertz CT molecular complexity index is 701. The number of anilines is 1. The first-order chi connectivity index (χ1) is 13.1. The summed E-state index contributed by atoms with van der Waals surface area (Å²) >= 11 is 0. The molecule has 1 amide bonds. The number of likely N-dealkylation sites (tertiary alicyclic amines) is 1. The first-order valence-corrected chi connectivity index (χ1v) is 10.3. The fourth-order valence-corrected chi connectivity index (χ4v) is 4.08. The SMILES string of the molecule is CC(C(=O)Nc1ccccc1)C(C)C1CCCN(CCc2ccccc2)C1. The van der Waals surface area contributed by atoms with Gasteiger partial charge in [0.25, 0.3) is 0 Å². The molecule has 0 spiro atoms. The highest BCUT2D eigenvalue weighted by Crippen LogP contribution is 2.30. The summed E-state index contributed by atoms with van der Waals surface area (Å²) in [5.41, 5.74) is 2.29. The van der Waals surface area contributed by atoms with E-state index in [9.17, 15) is 4.79 Å². The molecule has 3 nitrogen and oxygen atoms in total. The van der Waals surface area contributed by atoms with Crippen molar-refractivity contribution in [3.05, 3.63) is 66.2 Å². The fraction of sp³-hybridized carbons (Fsp3) is 0.458. The van der Waals surface area contributed by atoms with E-state index in [2.05, 4.69) is 54.4 Å². The third kappa shape index (κ3) is 5.67. The number of piperidine rings is 1. The molecular formula is C24H32N2O. The summed E-state index contributed by atoms with van der Waals surface area (Å²) in [6.07, 6.45) is 3.56. The van der Waals surface area contributed by atoms with Crippen molar-refractivity contribution in [3.63, 3.8) is 0 Å². The third-order valence-electron chi connectivity index (χ3n) is 6.09. The van der Waals surface area contributed by atoms with Crippen LogP contribution in [-0.2, 0) is 11.2 Å². The van der Waals surface area contributed by atoms with Gasteiger partial charge in [-0.05, 0) is 55.3 Å². The van der Waals surface area contributed by atoms with Gasteiger partial charge >= 0.3 is 0 Å². The van der Waals surface area contributed by atoms with Crippen LogP contribution in [0.5, 0.6) is 0 Å². The molecule has 0 aromatic heterocycles. The highest BCUT2D eigenvalue weighted by molar-refractivity contribution is 5.92. The molecule has 27 heavy (non-hydrogen) atoms. The number of benzene rings is 2. The number of amides is 1. The Morgan fingerprint density at radius 3 is 2.44 bits per heavy atom.